The van der Waals surface area contributed by atoms with Crippen molar-refractivity contribution in [2.45, 2.75) is 235 Å². The summed E-state index contributed by atoms with van der Waals surface area (Å²) in [7, 11) is 0. The molecule has 0 unspecified atom stereocenters. The van der Waals surface area contributed by atoms with Gasteiger partial charge in [-0.25, -0.2) is 0 Å². The summed E-state index contributed by atoms with van der Waals surface area (Å²) in [6, 6.07) is 17.0. The van der Waals surface area contributed by atoms with E-state index in [2.05, 4.69) is 148 Å². The van der Waals surface area contributed by atoms with Gasteiger partial charge in [-0.15, -0.1) is 45.3 Å². The van der Waals surface area contributed by atoms with Crippen LogP contribution in [-0.4, -0.2) is 10.9 Å². The molecule has 8 bridgehead atoms. The van der Waals surface area contributed by atoms with Gasteiger partial charge in [0.15, 0.2) is 0 Å². The Morgan fingerprint density at radius 2 is 1.01 bits per heavy atom. The van der Waals surface area contributed by atoms with E-state index >= 15 is 0 Å². The van der Waals surface area contributed by atoms with Gasteiger partial charge in [-0.2, -0.15) is 6.42 Å². The molecule has 78 heavy (non-hydrogen) atoms. The van der Waals surface area contributed by atoms with Crippen molar-refractivity contribution in [2.75, 3.05) is 0 Å². The fraction of sp³-hybridized carbons (Fsp3) is 0.727. The molecule has 3 N–H and O–H groups in total. The van der Waals surface area contributed by atoms with Gasteiger partial charge in [-0.3, -0.25) is 4.79 Å². The number of fused-ring (bicyclic) bond motifs is 8. The number of halogens is 1. The summed E-state index contributed by atoms with van der Waals surface area (Å²) in [5, 5.41) is 24.4. The summed E-state index contributed by atoms with van der Waals surface area (Å²) in [6.45, 7) is 23.9. The number of Topliss-reactive ketones (excluding diaryl/α,β-unsaturated/α-hetero) is 1. The molecule has 11 atom stereocenters. The Morgan fingerprint density at radius 3 is 1.42 bits per heavy atom. The fourth-order valence-electron chi connectivity index (χ4n) is 18.9. The molecule has 0 saturated heterocycles. The third-order valence-electron chi connectivity index (χ3n) is 22.7. The van der Waals surface area contributed by atoms with E-state index in [0.717, 1.165) is 74.5 Å². The number of carbonyl (C=O) groups is 1. The Bertz CT molecular complexity index is 2310. The number of rotatable bonds is 13. The molecule has 4 heterocycles. The van der Waals surface area contributed by atoms with Crippen molar-refractivity contribution >= 4 is 67.1 Å². The maximum absolute atomic E-state index is 12.0. The molecular weight excluding hydrogens is 1100 g/mol. The summed E-state index contributed by atoms with van der Waals surface area (Å²) < 4.78 is 1.20. The van der Waals surface area contributed by atoms with Gasteiger partial charge in [-0.1, -0.05) is 113 Å². The van der Waals surface area contributed by atoms with Crippen molar-refractivity contribution in [3.8, 4) is 0 Å². The molecule has 432 valence electrons. The van der Waals surface area contributed by atoms with Crippen molar-refractivity contribution in [2.24, 2.45) is 79.9 Å². The third-order valence-corrected chi connectivity index (χ3v) is 27.2. The van der Waals surface area contributed by atoms with Crippen molar-refractivity contribution < 1.29 is 28.8 Å². The summed E-state index contributed by atoms with van der Waals surface area (Å²) in [4.78, 5) is 19.2. The molecule has 12 heteroatoms. The minimum Gasteiger partial charge on any atom is -0.383 e. The van der Waals surface area contributed by atoms with E-state index in [-0.39, 0.29) is 61.0 Å². The summed E-state index contributed by atoms with van der Waals surface area (Å²) in [5.74, 6) is 5.93. The average Bonchev–Trinajstić information content (AvgIpc) is 4.29. The zero-order chi connectivity index (χ0) is 54.3. The largest absolute Gasteiger partial charge is 1.00 e. The van der Waals surface area contributed by atoms with E-state index in [9.17, 15) is 15.4 Å². The number of ketones is 1. The van der Waals surface area contributed by atoms with E-state index in [1.54, 1.807) is 34.0 Å². The molecule has 6 nitrogen and oxygen atoms in total. The van der Waals surface area contributed by atoms with E-state index < -0.39 is 5.60 Å². The van der Waals surface area contributed by atoms with Crippen LogP contribution in [0.4, 0.5) is 0 Å². The Hall–Kier alpha value is -1.22. The van der Waals surface area contributed by atoms with Crippen LogP contribution in [0.1, 0.15) is 233 Å². The SMILES string of the molecule is Brc1cccs1.C.C.CCC1(CC)C(=O)[C@@H]2CC[C@H]1C2.CCC1(CC)[C@H]2CC[C@H](C2)[C@]1(N)c1cccs1.CCC1(CC)[C@H]2CC[C@H](C2)[C@]1(N=[N+]=[N-])c1cccs1.CCC1(CC)[C@H]2CC[C@H](C2)[C@]1(O)c1cccs1.[CH2-]CCC.[Li+]. The quantitative estimate of drug-likeness (QED) is 0.0457. The van der Waals surface area contributed by atoms with E-state index in [1.165, 1.54) is 115 Å². The van der Waals surface area contributed by atoms with Gasteiger partial charge < -0.3 is 17.8 Å². The second-order valence-corrected chi connectivity index (χ2v) is 29.1. The Labute approximate surface area is 512 Å². The van der Waals surface area contributed by atoms with Crippen LogP contribution in [-0.2, 0) is 21.5 Å². The van der Waals surface area contributed by atoms with Gasteiger partial charge in [0, 0.05) is 36.3 Å². The maximum Gasteiger partial charge on any atom is 1.00 e. The number of azide groups is 1. The third kappa shape index (κ3) is 11.4. The van der Waals surface area contributed by atoms with Crippen LogP contribution in [0.25, 0.3) is 10.4 Å². The molecule has 8 aliphatic carbocycles. The van der Waals surface area contributed by atoms with Crippen LogP contribution < -0.4 is 24.6 Å². The van der Waals surface area contributed by atoms with Gasteiger partial charge in [0.1, 0.15) is 11.4 Å². The average molecular weight is 1200 g/mol. The zero-order valence-corrected chi connectivity index (χ0v) is 53.4. The standard InChI is InChI=1S/C15H21N3S.C15H23NS.C15H22OS.C11H18O.C4H3BrS.C4H9.2CH4.Li/c1-3-14(4-2)11-7-8-12(10-11)15(14,17-18-16)13-6-5-9-19-13;2*1-3-14(4-2)11-7-8-12(10-11)15(14,16)13-6-5-9-17-13;1-3-11(4-2)9-6-5-8(7-9)10(11)12;5-4-2-1-3-6-4;1-3-4-2;;;/h5-6,9,11-12H,3-4,7-8,10H2,1-2H3;5-6,9,11-12H,3-4,7-8,10,16H2,1-2H3;5-6,9,11-12,16H,3-4,7-8,10H2,1-2H3;8-9H,3-7H2,1-2H3;1-3H;1,3-4H2,2H3;2*1H4;/q;;;;;-1;;;+1/t3*11-,12+,15-;8-,9+;;;;;/m0001...../s1. The summed E-state index contributed by atoms with van der Waals surface area (Å²) in [6.07, 6.45) is 26.8. The maximum atomic E-state index is 12.0. The van der Waals surface area contributed by atoms with Crippen LogP contribution in [0.15, 0.2) is 79.0 Å². The first-order valence-electron chi connectivity index (χ1n) is 29.9. The van der Waals surface area contributed by atoms with Crippen LogP contribution in [0, 0.1) is 75.9 Å². The molecule has 0 amide bonds. The molecule has 12 rings (SSSR count). The van der Waals surface area contributed by atoms with Crippen LogP contribution in [0.3, 0.4) is 0 Å². The minimum absolute atomic E-state index is 0. The first kappa shape index (κ1) is 69.3. The Kier molecular flexibility index (Phi) is 26.2. The molecule has 4 aromatic rings. The molecule has 8 fully saturated rings. The van der Waals surface area contributed by atoms with Gasteiger partial charge in [0.25, 0.3) is 0 Å². The van der Waals surface area contributed by atoms with Crippen LogP contribution in [0.2, 0.25) is 0 Å². The van der Waals surface area contributed by atoms with Gasteiger partial charge in [-0.05, 0) is 248 Å². The first-order valence-corrected chi connectivity index (χ1v) is 34.2. The first-order chi connectivity index (χ1) is 36.2. The van der Waals surface area contributed by atoms with E-state index in [1.807, 2.05) is 28.8 Å². The minimum atomic E-state index is -0.534. The van der Waals surface area contributed by atoms with Gasteiger partial charge in [0.05, 0.1) is 14.9 Å². The molecule has 0 spiro atoms. The van der Waals surface area contributed by atoms with Crippen LogP contribution >= 0.6 is 61.3 Å². The summed E-state index contributed by atoms with van der Waals surface area (Å²) in [5.41, 5.74) is 16.2. The fourth-order valence-corrected chi connectivity index (χ4v) is 22.9. The van der Waals surface area contributed by atoms with Gasteiger partial charge >= 0.3 is 18.9 Å². The number of nitrogens with two attached hydrogens (primary N) is 1. The molecule has 0 aliphatic heterocycles. The topological polar surface area (TPSA) is 112 Å². The number of hydrogen-bond donors (Lipinski definition) is 2. The predicted octanol–water partition coefficient (Wildman–Crippen LogP) is 19.0. The number of thiophene rings is 4. The second-order valence-electron chi connectivity index (χ2n) is 23.9. The predicted molar refractivity (Wildman–Crippen MR) is 340 cm³/mol. The normalized spacial score (nSPS) is 32.3. The van der Waals surface area contributed by atoms with E-state index in [4.69, 9.17) is 5.73 Å². The van der Waals surface area contributed by atoms with Gasteiger partial charge in [0.2, 0.25) is 0 Å². The number of aliphatic hydroxyl groups is 1. The molecule has 8 saturated carbocycles. The molecule has 8 aliphatic rings. The smallest absolute Gasteiger partial charge is 0.383 e. The zero-order valence-electron chi connectivity index (χ0n) is 48.6. The number of carbonyl (C=O) groups excluding carboxylic acids is 1. The number of nitrogens with zero attached hydrogens (tertiary/aromatic N) is 3. The van der Waals surface area contributed by atoms with Crippen molar-refractivity contribution in [1.82, 2.24) is 0 Å². The van der Waals surface area contributed by atoms with Crippen molar-refractivity contribution in [1.29, 1.82) is 0 Å². The van der Waals surface area contributed by atoms with Crippen molar-refractivity contribution in [3.05, 3.63) is 106 Å². The van der Waals surface area contributed by atoms with Crippen LogP contribution in [0.5, 0.6) is 0 Å². The Morgan fingerprint density at radius 1 is 0.590 bits per heavy atom. The Balaban J connectivity index is 0.000000211. The molecule has 4 aromatic heterocycles. The second kappa shape index (κ2) is 29.5. The monoisotopic (exact) mass is 1200 g/mol. The number of hydrogen-bond acceptors (Lipinski definition) is 8. The van der Waals surface area contributed by atoms with E-state index in [0.29, 0.717) is 29.0 Å². The molecule has 0 aromatic carbocycles. The summed E-state index contributed by atoms with van der Waals surface area (Å²) >= 11 is 10.4. The number of unbranched alkanes of at least 4 members (excludes halogenated alkanes) is 1. The molecule has 0 radical (unpaired) electrons. The molecular formula is C66H104BrLiN4O2S4. The van der Waals surface area contributed by atoms with Crippen molar-refractivity contribution in [3.63, 3.8) is 0 Å².